The lowest BCUT2D eigenvalue weighted by Crippen LogP contribution is -2.23. The number of thiocarbonyl (C=S) groups is 1. The molecule has 0 spiro atoms. The summed E-state index contributed by atoms with van der Waals surface area (Å²) in [7, 11) is 0. The molecular formula is C12H16O2S. The molecule has 82 valence electrons. The first-order chi connectivity index (χ1) is 6.87. The zero-order chi connectivity index (χ0) is 11.5. The molecular weight excluding hydrogens is 208 g/mol. The predicted octanol–water partition coefficient (Wildman–Crippen LogP) is 3.08. The standard InChI is InChI=1S/C12H16O2S/c1-12(2,3)14-11(15)8-9-4-6-10(13)7-5-9/h4-7,13H,8H2,1-3H3. The molecule has 1 N–H and O–H groups in total. The minimum atomic E-state index is -0.242. The minimum Gasteiger partial charge on any atom is -0.508 e. The fourth-order valence-electron chi connectivity index (χ4n) is 1.16. The van der Waals surface area contributed by atoms with Crippen LogP contribution >= 0.6 is 12.2 Å². The second kappa shape index (κ2) is 4.62. The first-order valence-electron chi connectivity index (χ1n) is 4.86. The van der Waals surface area contributed by atoms with Gasteiger partial charge in [0.15, 0.2) is 5.05 Å². The molecule has 0 atom stereocenters. The van der Waals surface area contributed by atoms with Crippen LogP contribution in [0.1, 0.15) is 26.3 Å². The fourth-order valence-corrected chi connectivity index (χ4v) is 1.57. The lowest BCUT2D eigenvalue weighted by molar-refractivity contribution is 0.118. The lowest BCUT2D eigenvalue weighted by Gasteiger charge is -2.21. The zero-order valence-corrected chi connectivity index (χ0v) is 10.1. The molecule has 15 heavy (non-hydrogen) atoms. The van der Waals surface area contributed by atoms with Crippen molar-refractivity contribution in [3.8, 4) is 5.75 Å². The average molecular weight is 224 g/mol. The molecule has 0 aliphatic heterocycles. The molecule has 3 heteroatoms. The first-order valence-corrected chi connectivity index (χ1v) is 5.27. The van der Waals surface area contributed by atoms with E-state index in [-0.39, 0.29) is 11.4 Å². The van der Waals surface area contributed by atoms with Gasteiger partial charge in [-0.05, 0) is 50.7 Å². The van der Waals surface area contributed by atoms with Crippen LogP contribution in [0, 0.1) is 0 Å². The Morgan fingerprint density at radius 3 is 2.27 bits per heavy atom. The third-order valence-electron chi connectivity index (χ3n) is 1.70. The van der Waals surface area contributed by atoms with Crippen LogP contribution in [-0.2, 0) is 11.2 Å². The van der Waals surface area contributed by atoms with E-state index in [0.29, 0.717) is 11.5 Å². The molecule has 0 unspecified atom stereocenters. The van der Waals surface area contributed by atoms with Crippen molar-refractivity contribution < 1.29 is 9.84 Å². The molecule has 0 aromatic heterocycles. The van der Waals surface area contributed by atoms with Crippen molar-refractivity contribution >= 4 is 17.3 Å². The average Bonchev–Trinajstić information content (AvgIpc) is 2.05. The Bertz CT molecular complexity index is 336. The van der Waals surface area contributed by atoms with E-state index in [4.69, 9.17) is 22.1 Å². The monoisotopic (exact) mass is 224 g/mol. The van der Waals surface area contributed by atoms with Gasteiger partial charge in [0.1, 0.15) is 11.4 Å². The van der Waals surface area contributed by atoms with Crippen molar-refractivity contribution in [2.45, 2.75) is 32.8 Å². The van der Waals surface area contributed by atoms with E-state index in [1.165, 1.54) is 0 Å². The normalized spacial score (nSPS) is 11.1. The van der Waals surface area contributed by atoms with Crippen molar-refractivity contribution in [1.29, 1.82) is 0 Å². The number of ether oxygens (including phenoxy) is 1. The van der Waals surface area contributed by atoms with E-state index in [9.17, 15) is 0 Å². The van der Waals surface area contributed by atoms with E-state index in [1.54, 1.807) is 12.1 Å². The number of hydrogen-bond acceptors (Lipinski definition) is 3. The van der Waals surface area contributed by atoms with Gasteiger partial charge in [-0.25, -0.2) is 0 Å². The molecule has 1 aromatic carbocycles. The van der Waals surface area contributed by atoms with Crippen molar-refractivity contribution in [3.05, 3.63) is 29.8 Å². The van der Waals surface area contributed by atoms with Gasteiger partial charge in [0, 0.05) is 6.42 Å². The van der Waals surface area contributed by atoms with Gasteiger partial charge < -0.3 is 9.84 Å². The van der Waals surface area contributed by atoms with Crippen molar-refractivity contribution in [2.24, 2.45) is 0 Å². The summed E-state index contributed by atoms with van der Waals surface area (Å²) in [6.45, 7) is 5.91. The fraction of sp³-hybridized carbons (Fsp3) is 0.417. The number of aromatic hydroxyl groups is 1. The molecule has 0 amide bonds. The van der Waals surface area contributed by atoms with Crippen LogP contribution in [0.15, 0.2) is 24.3 Å². The highest BCUT2D eigenvalue weighted by molar-refractivity contribution is 7.80. The van der Waals surface area contributed by atoms with Crippen LogP contribution < -0.4 is 0 Å². The van der Waals surface area contributed by atoms with E-state index in [0.717, 1.165) is 5.56 Å². The van der Waals surface area contributed by atoms with Crippen LogP contribution in [0.4, 0.5) is 0 Å². The van der Waals surface area contributed by atoms with Crippen LogP contribution in [0.5, 0.6) is 5.75 Å². The van der Waals surface area contributed by atoms with Crippen molar-refractivity contribution in [3.63, 3.8) is 0 Å². The highest BCUT2D eigenvalue weighted by Gasteiger charge is 2.13. The number of benzene rings is 1. The Morgan fingerprint density at radius 2 is 1.80 bits per heavy atom. The summed E-state index contributed by atoms with van der Waals surface area (Å²) >= 11 is 5.13. The Morgan fingerprint density at radius 1 is 1.27 bits per heavy atom. The van der Waals surface area contributed by atoms with E-state index >= 15 is 0 Å². The Kier molecular flexibility index (Phi) is 3.69. The quantitative estimate of drug-likeness (QED) is 0.783. The highest BCUT2D eigenvalue weighted by atomic mass is 32.1. The first kappa shape index (κ1) is 12.0. The summed E-state index contributed by atoms with van der Waals surface area (Å²) < 4.78 is 5.54. The van der Waals surface area contributed by atoms with Gasteiger partial charge in [0.25, 0.3) is 0 Å². The molecule has 0 radical (unpaired) electrons. The summed E-state index contributed by atoms with van der Waals surface area (Å²) in [4.78, 5) is 0. The van der Waals surface area contributed by atoms with Gasteiger partial charge in [0.05, 0.1) is 0 Å². The Labute approximate surface area is 95.9 Å². The zero-order valence-electron chi connectivity index (χ0n) is 9.28. The predicted molar refractivity (Wildman–Crippen MR) is 65.2 cm³/mol. The molecule has 1 rings (SSSR count). The molecule has 0 heterocycles. The highest BCUT2D eigenvalue weighted by Crippen LogP contribution is 2.13. The molecule has 0 saturated carbocycles. The number of phenolic OH excluding ortho intramolecular Hbond substituents is 1. The second-order valence-electron chi connectivity index (χ2n) is 4.43. The van der Waals surface area contributed by atoms with Gasteiger partial charge in [-0.3, -0.25) is 0 Å². The van der Waals surface area contributed by atoms with Gasteiger partial charge >= 0.3 is 0 Å². The van der Waals surface area contributed by atoms with E-state index < -0.39 is 0 Å². The lowest BCUT2D eigenvalue weighted by atomic mass is 10.1. The topological polar surface area (TPSA) is 29.5 Å². The summed E-state index contributed by atoms with van der Waals surface area (Å²) in [5, 5.41) is 9.69. The van der Waals surface area contributed by atoms with Crippen LogP contribution in [0.25, 0.3) is 0 Å². The summed E-state index contributed by atoms with van der Waals surface area (Å²) in [5.41, 5.74) is 0.802. The summed E-state index contributed by atoms with van der Waals surface area (Å²) in [6.07, 6.45) is 0.604. The molecule has 0 aliphatic rings. The van der Waals surface area contributed by atoms with Crippen LogP contribution in [-0.4, -0.2) is 15.8 Å². The van der Waals surface area contributed by atoms with E-state index in [1.807, 2.05) is 32.9 Å². The third kappa shape index (κ3) is 4.79. The number of phenols is 1. The third-order valence-corrected chi connectivity index (χ3v) is 1.93. The van der Waals surface area contributed by atoms with Gasteiger partial charge in [-0.2, -0.15) is 0 Å². The summed E-state index contributed by atoms with van der Waals surface area (Å²) in [5.74, 6) is 0.265. The Balaban J connectivity index is 2.55. The van der Waals surface area contributed by atoms with Crippen LogP contribution in [0.2, 0.25) is 0 Å². The smallest absolute Gasteiger partial charge is 0.164 e. The maximum atomic E-state index is 9.11. The molecule has 0 aliphatic carbocycles. The van der Waals surface area contributed by atoms with Gasteiger partial charge in [0.2, 0.25) is 0 Å². The maximum Gasteiger partial charge on any atom is 0.164 e. The van der Waals surface area contributed by atoms with Crippen molar-refractivity contribution in [1.82, 2.24) is 0 Å². The maximum absolute atomic E-state index is 9.11. The number of hydrogen-bond donors (Lipinski definition) is 1. The molecule has 0 fully saturated rings. The van der Waals surface area contributed by atoms with Crippen LogP contribution in [0.3, 0.4) is 0 Å². The summed E-state index contributed by atoms with van der Waals surface area (Å²) in [6, 6.07) is 6.98. The van der Waals surface area contributed by atoms with E-state index in [2.05, 4.69) is 0 Å². The molecule has 0 saturated heterocycles. The SMILES string of the molecule is CC(C)(C)OC(=S)Cc1ccc(O)cc1. The second-order valence-corrected chi connectivity index (χ2v) is 4.89. The molecule has 0 bridgehead atoms. The Hall–Kier alpha value is -1.09. The van der Waals surface area contributed by atoms with Crippen molar-refractivity contribution in [2.75, 3.05) is 0 Å². The molecule has 1 aromatic rings. The largest absolute Gasteiger partial charge is 0.508 e. The van der Waals surface area contributed by atoms with Gasteiger partial charge in [-0.1, -0.05) is 12.1 Å². The minimum absolute atomic E-state index is 0.242. The van der Waals surface area contributed by atoms with Gasteiger partial charge in [-0.15, -0.1) is 0 Å². The number of rotatable bonds is 2. The molecule has 2 nitrogen and oxygen atoms in total.